The third-order valence-corrected chi connectivity index (χ3v) is 4.74. The maximum atomic E-state index is 12.1. The predicted molar refractivity (Wildman–Crippen MR) is 100.0 cm³/mol. The van der Waals surface area contributed by atoms with E-state index in [0.717, 1.165) is 22.7 Å². The van der Waals surface area contributed by atoms with E-state index in [0.29, 0.717) is 16.7 Å². The summed E-state index contributed by atoms with van der Waals surface area (Å²) in [5, 5.41) is 6.03. The van der Waals surface area contributed by atoms with Gasteiger partial charge in [0.2, 0.25) is 0 Å². The van der Waals surface area contributed by atoms with Crippen LogP contribution in [-0.2, 0) is 6.42 Å². The van der Waals surface area contributed by atoms with Crippen molar-refractivity contribution in [1.29, 1.82) is 0 Å². The van der Waals surface area contributed by atoms with Crippen LogP contribution in [0.2, 0.25) is 0 Å². The van der Waals surface area contributed by atoms with Crippen molar-refractivity contribution in [2.75, 3.05) is 6.54 Å². The highest BCUT2D eigenvalue weighted by Gasteiger charge is 2.07. The molecule has 2 heterocycles. The van der Waals surface area contributed by atoms with E-state index in [1.807, 2.05) is 6.92 Å². The quantitative estimate of drug-likeness (QED) is 0.676. The van der Waals surface area contributed by atoms with Crippen LogP contribution < -0.4 is 5.32 Å². The molecule has 2 aromatic heterocycles. The Morgan fingerprint density at radius 2 is 2.08 bits per heavy atom. The first kappa shape index (κ1) is 16.5. The maximum absolute atomic E-state index is 12.1. The first-order valence-electron chi connectivity index (χ1n) is 7.61. The number of hydrogen-bond donors (Lipinski definition) is 2. The van der Waals surface area contributed by atoms with Crippen LogP contribution in [0.5, 0.6) is 0 Å². The molecule has 0 bridgehead atoms. The number of hydrogen-bond acceptors (Lipinski definition) is 4. The van der Waals surface area contributed by atoms with Gasteiger partial charge in [0.25, 0.3) is 5.91 Å². The second-order valence-electron chi connectivity index (χ2n) is 5.37. The molecule has 0 saturated carbocycles. The van der Waals surface area contributed by atoms with Gasteiger partial charge in [0.1, 0.15) is 4.64 Å². The van der Waals surface area contributed by atoms with Gasteiger partial charge in [0.05, 0.1) is 16.3 Å². The third-order valence-electron chi connectivity index (χ3n) is 3.63. The topological polar surface area (TPSA) is 57.8 Å². The summed E-state index contributed by atoms with van der Waals surface area (Å²) in [5.41, 5.74) is 3.80. The van der Waals surface area contributed by atoms with Crippen LogP contribution in [0.1, 0.15) is 20.9 Å². The molecule has 3 rings (SSSR count). The summed E-state index contributed by atoms with van der Waals surface area (Å²) in [6.07, 6.45) is 2.48. The van der Waals surface area contributed by atoms with Crippen molar-refractivity contribution in [3.05, 3.63) is 68.8 Å². The van der Waals surface area contributed by atoms with Crippen molar-refractivity contribution in [2.24, 2.45) is 0 Å². The molecule has 0 aliphatic carbocycles. The Morgan fingerprint density at radius 3 is 2.75 bits per heavy atom. The number of amides is 1. The summed E-state index contributed by atoms with van der Waals surface area (Å²) in [5.74, 6) is -0.147. The van der Waals surface area contributed by atoms with Gasteiger partial charge in [-0.05, 0) is 31.0 Å². The number of pyridine rings is 1. The molecule has 24 heavy (non-hydrogen) atoms. The lowest BCUT2D eigenvalue weighted by molar-refractivity contribution is 0.0953. The monoisotopic (exact) mass is 355 g/mol. The van der Waals surface area contributed by atoms with Crippen LogP contribution >= 0.6 is 23.6 Å². The van der Waals surface area contributed by atoms with E-state index in [4.69, 9.17) is 12.2 Å². The summed E-state index contributed by atoms with van der Waals surface area (Å²) in [4.78, 5) is 19.4. The van der Waals surface area contributed by atoms with Gasteiger partial charge < -0.3 is 10.3 Å². The van der Waals surface area contributed by atoms with Crippen LogP contribution in [0.25, 0.3) is 11.3 Å². The number of nitrogens with one attached hydrogen (secondary N) is 2. The Morgan fingerprint density at radius 1 is 1.29 bits per heavy atom. The fraction of sp³-hybridized carbons (Fsp3) is 0.167. The van der Waals surface area contributed by atoms with Crippen LogP contribution in [-0.4, -0.2) is 22.4 Å². The Labute approximate surface area is 149 Å². The lowest BCUT2D eigenvalue weighted by Crippen LogP contribution is -2.26. The highest BCUT2D eigenvalue weighted by Crippen LogP contribution is 2.21. The zero-order chi connectivity index (χ0) is 16.9. The Kier molecular flexibility index (Phi) is 5.17. The number of nitrogens with zero attached hydrogens (tertiary/aromatic N) is 1. The first-order valence-corrected chi connectivity index (χ1v) is 8.89. The molecule has 0 fully saturated rings. The van der Waals surface area contributed by atoms with Gasteiger partial charge in [-0.1, -0.05) is 36.5 Å². The van der Waals surface area contributed by atoms with Gasteiger partial charge in [-0.25, -0.2) is 4.98 Å². The van der Waals surface area contributed by atoms with Crippen LogP contribution in [0.3, 0.4) is 0 Å². The molecule has 3 aromatic rings. The minimum Gasteiger partial charge on any atom is -0.352 e. The van der Waals surface area contributed by atoms with Crippen molar-refractivity contribution < 1.29 is 4.79 Å². The first-order chi connectivity index (χ1) is 11.6. The Hall–Kier alpha value is -2.31. The third kappa shape index (κ3) is 3.96. The van der Waals surface area contributed by atoms with Crippen molar-refractivity contribution >= 4 is 29.5 Å². The normalized spacial score (nSPS) is 10.5. The fourth-order valence-corrected chi connectivity index (χ4v) is 3.20. The van der Waals surface area contributed by atoms with E-state index in [9.17, 15) is 4.79 Å². The highest BCUT2D eigenvalue weighted by atomic mass is 32.1. The van der Waals surface area contributed by atoms with E-state index in [-0.39, 0.29) is 5.91 Å². The smallest absolute Gasteiger partial charge is 0.254 e. The minimum atomic E-state index is -0.147. The predicted octanol–water partition coefficient (Wildman–Crippen LogP) is 4.15. The van der Waals surface area contributed by atoms with Crippen molar-refractivity contribution in [3.63, 3.8) is 0 Å². The summed E-state index contributed by atoms with van der Waals surface area (Å²) in [6.45, 7) is 2.57. The highest BCUT2D eigenvalue weighted by molar-refractivity contribution is 7.71. The number of carbonyl (C=O) groups excluding carboxylic acids is 1. The average Bonchev–Trinajstić information content (AvgIpc) is 3.02. The second-order valence-corrected chi connectivity index (χ2v) is 6.84. The van der Waals surface area contributed by atoms with Crippen molar-refractivity contribution in [1.82, 2.24) is 15.3 Å². The molecular weight excluding hydrogens is 338 g/mol. The summed E-state index contributed by atoms with van der Waals surface area (Å²) in [7, 11) is 0. The molecule has 0 aliphatic rings. The van der Waals surface area contributed by atoms with Gasteiger partial charge >= 0.3 is 0 Å². The number of aromatic nitrogens is 2. The van der Waals surface area contributed by atoms with Crippen molar-refractivity contribution in [3.8, 4) is 11.3 Å². The Balaban J connectivity index is 1.56. The molecule has 1 aromatic carbocycles. The molecule has 4 nitrogen and oxygen atoms in total. The molecule has 0 saturated heterocycles. The fourth-order valence-electron chi connectivity index (χ4n) is 2.35. The number of aryl methyl sites for hydroxylation is 1. The zero-order valence-electron chi connectivity index (χ0n) is 13.2. The minimum absolute atomic E-state index is 0.147. The van der Waals surface area contributed by atoms with Gasteiger partial charge in [0.15, 0.2) is 0 Å². The summed E-state index contributed by atoms with van der Waals surface area (Å²) in [6, 6.07) is 11.8. The maximum Gasteiger partial charge on any atom is 0.254 e. The van der Waals surface area contributed by atoms with Gasteiger partial charge in [0, 0.05) is 23.7 Å². The van der Waals surface area contributed by atoms with Crippen LogP contribution in [0.15, 0.2) is 48.0 Å². The van der Waals surface area contributed by atoms with Crippen LogP contribution in [0.4, 0.5) is 0 Å². The SMILES string of the molecule is Cc1nc(-c2ccc(CCNC(=O)c3ccc[nH]c3=S)cc2)cs1. The zero-order valence-corrected chi connectivity index (χ0v) is 14.8. The van der Waals surface area contributed by atoms with Gasteiger partial charge in [-0.3, -0.25) is 4.79 Å². The second kappa shape index (κ2) is 7.51. The van der Waals surface area contributed by atoms with Gasteiger partial charge in [-0.15, -0.1) is 11.3 Å². The lowest BCUT2D eigenvalue weighted by atomic mass is 10.1. The molecule has 1 amide bonds. The van der Waals surface area contributed by atoms with Gasteiger partial charge in [-0.2, -0.15) is 0 Å². The molecule has 0 spiro atoms. The Bertz CT molecular complexity index is 897. The largest absolute Gasteiger partial charge is 0.352 e. The molecule has 0 unspecified atom stereocenters. The molecule has 0 aliphatic heterocycles. The van der Waals surface area contributed by atoms with E-state index >= 15 is 0 Å². The summed E-state index contributed by atoms with van der Waals surface area (Å²) >= 11 is 6.76. The number of carbonyl (C=O) groups is 1. The number of H-pyrrole nitrogens is 1. The number of aromatic amines is 1. The van der Waals surface area contributed by atoms with E-state index in [1.165, 1.54) is 5.56 Å². The number of rotatable bonds is 5. The summed E-state index contributed by atoms with van der Waals surface area (Å²) < 4.78 is 0.456. The van der Waals surface area contributed by atoms with Crippen molar-refractivity contribution in [2.45, 2.75) is 13.3 Å². The molecule has 122 valence electrons. The molecule has 0 atom stereocenters. The van der Waals surface area contributed by atoms with E-state index in [1.54, 1.807) is 29.7 Å². The molecule has 6 heteroatoms. The average molecular weight is 355 g/mol. The van der Waals surface area contributed by atoms with E-state index < -0.39 is 0 Å². The van der Waals surface area contributed by atoms with Crippen LogP contribution in [0, 0.1) is 11.6 Å². The lowest BCUT2D eigenvalue weighted by Gasteiger charge is -2.06. The molecule has 0 radical (unpaired) electrons. The number of benzene rings is 1. The van der Waals surface area contributed by atoms with E-state index in [2.05, 4.69) is 44.9 Å². The number of thiazole rings is 1. The molecular formula is C18H17N3OS2. The molecule has 2 N–H and O–H groups in total. The standard InChI is InChI=1S/C18H17N3OS2/c1-12-21-16(11-24-12)14-6-4-13(5-7-14)8-10-19-17(22)15-3-2-9-20-18(15)23/h2-7,9,11H,8,10H2,1H3,(H,19,22)(H,20,23).